The number of nitrogens with zero attached hydrogens (tertiary/aromatic N) is 2. The second-order valence-electron chi connectivity index (χ2n) is 5.56. The Bertz CT molecular complexity index is 843. The number of rotatable bonds is 3. The van der Waals surface area contributed by atoms with Crippen LogP contribution in [0.4, 0.5) is 11.6 Å². The molecule has 0 radical (unpaired) electrons. The van der Waals surface area contributed by atoms with Crippen LogP contribution in [0, 0.1) is 0 Å². The first-order valence-corrected chi connectivity index (χ1v) is 7.87. The number of fused-ring (bicyclic) bond motifs is 1. The van der Waals surface area contributed by atoms with E-state index in [0.29, 0.717) is 17.5 Å². The number of amides is 1. The van der Waals surface area contributed by atoms with Crippen molar-refractivity contribution in [1.29, 1.82) is 0 Å². The van der Waals surface area contributed by atoms with Crippen molar-refractivity contribution in [2.24, 2.45) is 0 Å². The van der Waals surface area contributed by atoms with Gasteiger partial charge in [-0.1, -0.05) is 29.8 Å². The van der Waals surface area contributed by atoms with E-state index in [1.807, 2.05) is 42.5 Å². The van der Waals surface area contributed by atoms with E-state index in [9.17, 15) is 4.79 Å². The van der Waals surface area contributed by atoms with Crippen molar-refractivity contribution < 1.29 is 4.79 Å². The predicted octanol–water partition coefficient (Wildman–Crippen LogP) is 3.43. The molecule has 1 atom stereocenters. The van der Waals surface area contributed by atoms with E-state index >= 15 is 0 Å². The number of hydrogen-bond acceptors (Lipinski definition) is 3. The molecule has 0 saturated carbocycles. The summed E-state index contributed by atoms with van der Waals surface area (Å²) >= 11 is 6.01. The van der Waals surface area contributed by atoms with E-state index in [1.165, 1.54) is 0 Å². The lowest BCUT2D eigenvalue weighted by molar-refractivity contribution is -0.117. The third-order valence-corrected chi connectivity index (χ3v) is 4.26. The van der Waals surface area contributed by atoms with Crippen LogP contribution in [0.15, 0.2) is 48.5 Å². The highest BCUT2D eigenvalue weighted by Crippen LogP contribution is 2.26. The Morgan fingerprint density at radius 1 is 1.22 bits per heavy atom. The molecular formula is C17H15ClN4O. The van der Waals surface area contributed by atoms with Crippen LogP contribution in [0.1, 0.15) is 6.42 Å². The van der Waals surface area contributed by atoms with Gasteiger partial charge < -0.3 is 15.2 Å². The highest BCUT2D eigenvalue weighted by atomic mass is 35.5. The molecule has 116 valence electrons. The third-order valence-electron chi connectivity index (χ3n) is 4.03. The fraction of sp³-hybridized carbons (Fsp3) is 0.176. The van der Waals surface area contributed by atoms with Gasteiger partial charge in [-0.15, -0.1) is 0 Å². The Balaban J connectivity index is 1.53. The third kappa shape index (κ3) is 2.64. The molecule has 2 aromatic carbocycles. The maximum Gasteiger partial charge on any atom is 0.249 e. The number of para-hydroxylation sites is 2. The van der Waals surface area contributed by atoms with Gasteiger partial charge in [-0.2, -0.15) is 0 Å². The summed E-state index contributed by atoms with van der Waals surface area (Å²) in [4.78, 5) is 22.0. The number of benzene rings is 2. The molecule has 0 spiro atoms. The number of anilines is 2. The summed E-state index contributed by atoms with van der Waals surface area (Å²) in [6, 6.07) is 14.9. The van der Waals surface area contributed by atoms with Crippen LogP contribution in [0.2, 0.25) is 5.02 Å². The summed E-state index contributed by atoms with van der Waals surface area (Å²) in [6.45, 7) is 0.664. The average molecular weight is 327 g/mol. The molecule has 1 saturated heterocycles. The van der Waals surface area contributed by atoms with Crippen molar-refractivity contribution >= 4 is 40.2 Å². The smallest absolute Gasteiger partial charge is 0.249 e. The highest BCUT2D eigenvalue weighted by molar-refractivity contribution is 6.31. The molecule has 5 nitrogen and oxygen atoms in total. The van der Waals surface area contributed by atoms with Gasteiger partial charge in [0.1, 0.15) is 6.04 Å². The molecule has 1 aliphatic heterocycles. The maximum atomic E-state index is 12.6. The fourth-order valence-corrected chi connectivity index (χ4v) is 3.08. The number of hydrogen-bond donors (Lipinski definition) is 2. The molecule has 1 unspecified atom stereocenters. The number of aromatic amines is 1. The number of halogens is 1. The minimum Gasteiger partial charge on any atom is -0.344 e. The first-order valence-electron chi connectivity index (χ1n) is 7.49. The van der Waals surface area contributed by atoms with Gasteiger partial charge in [0, 0.05) is 17.3 Å². The normalized spacial score (nSPS) is 17.9. The van der Waals surface area contributed by atoms with Gasteiger partial charge in [-0.3, -0.25) is 4.79 Å². The van der Waals surface area contributed by atoms with E-state index in [4.69, 9.17) is 11.6 Å². The molecule has 0 aliphatic carbocycles. The first-order chi connectivity index (χ1) is 11.2. The molecule has 6 heteroatoms. The zero-order valence-corrected chi connectivity index (χ0v) is 13.0. The van der Waals surface area contributed by atoms with Crippen molar-refractivity contribution in [2.45, 2.75) is 12.5 Å². The number of carbonyl (C=O) groups is 1. The molecule has 0 bridgehead atoms. The summed E-state index contributed by atoms with van der Waals surface area (Å²) in [7, 11) is 0. The van der Waals surface area contributed by atoms with Gasteiger partial charge >= 0.3 is 0 Å². The predicted molar refractivity (Wildman–Crippen MR) is 91.9 cm³/mol. The quantitative estimate of drug-likeness (QED) is 0.775. The number of nitrogens with one attached hydrogen (secondary N) is 2. The summed E-state index contributed by atoms with van der Waals surface area (Å²) in [5, 5.41) is 3.83. The molecule has 23 heavy (non-hydrogen) atoms. The molecule has 2 heterocycles. The van der Waals surface area contributed by atoms with Crippen LogP contribution in [-0.4, -0.2) is 28.5 Å². The van der Waals surface area contributed by atoms with Gasteiger partial charge in [0.2, 0.25) is 11.9 Å². The lowest BCUT2D eigenvalue weighted by atomic mass is 10.2. The van der Waals surface area contributed by atoms with Crippen molar-refractivity contribution in [3.8, 4) is 0 Å². The molecule has 1 aromatic heterocycles. The molecule has 3 aromatic rings. The lowest BCUT2D eigenvalue weighted by Crippen LogP contribution is -2.33. The lowest BCUT2D eigenvalue weighted by Gasteiger charge is -2.17. The van der Waals surface area contributed by atoms with Gasteiger partial charge in [0.25, 0.3) is 0 Å². The monoisotopic (exact) mass is 326 g/mol. The van der Waals surface area contributed by atoms with Gasteiger partial charge in [0.05, 0.1) is 11.0 Å². The van der Waals surface area contributed by atoms with Crippen LogP contribution in [0.25, 0.3) is 11.0 Å². The van der Waals surface area contributed by atoms with Crippen LogP contribution in [0.3, 0.4) is 0 Å². The van der Waals surface area contributed by atoms with Crippen LogP contribution in [0.5, 0.6) is 0 Å². The zero-order valence-electron chi connectivity index (χ0n) is 12.3. The maximum absolute atomic E-state index is 12.6. The molecule has 1 aliphatic rings. The van der Waals surface area contributed by atoms with Crippen molar-refractivity contribution in [1.82, 2.24) is 9.97 Å². The van der Waals surface area contributed by atoms with E-state index < -0.39 is 0 Å². The largest absolute Gasteiger partial charge is 0.344 e. The fourth-order valence-electron chi connectivity index (χ4n) is 2.90. The summed E-state index contributed by atoms with van der Waals surface area (Å²) in [5.41, 5.74) is 2.66. The van der Waals surface area contributed by atoms with Crippen LogP contribution < -0.4 is 10.2 Å². The molecule has 1 fully saturated rings. The average Bonchev–Trinajstić information content (AvgIpc) is 3.11. The molecule has 2 N–H and O–H groups in total. The number of H-pyrrole nitrogens is 1. The van der Waals surface area contributed by atoms with Crippen molar-refractivity contribution in [3.63, 3.8) is 0 Å². The Labute approximate surface area is 138 Å². The van der Waals surface area contributed by atoms with Gasteiger partial charge in [-0.05, 0) is 36.8 Å². The zero-order chi connectivity index (χ0) is 15.8. The Kier molecular flexibility index (Phi) is 3.42. The van der Waals surface area contributed by atoms with Gasteiger partial charge in [0.15, 0.2) is 0 Å². The number of carbonyl (C=O) groups excluding carboxylic acids is 1. The van der Waals surface area contributed by atoms with Crippen LogP contribution in [-0.2, 0) is 4.79 Å². The van der Waals surface area contributed by atoms with Crippen molar-refractivity contribution in [2.75, 3.05) is 16.8 Å². The Morgan fingerprint density at radius 3 is 2.91 bits per heavy atom. The second kappa shape index (κ2) is 5.59. The van der Waals surface area contributed by atoms with E-state index in [1.54, 1.807) is 11.0 Å². The number of aromatic nitrogens is 2. The Hall–Kier alpha value is -2.53. The molecule has 1 amide bonds. The minimum atomic E-state index is -0.283. The topological polar surface area (TPSA) is 61.0 Å². The second-order valence-corrected chi connectivity index (χ2v) is 5.99. The first kappa shape index (κ1) is 14.1. The summed E-state index contributed by atoms with van der Waals surface area (Å²) < 4.78 is 0. The SMILES string of the molecule is O=C1C(Nc2nc3ccccc3[nH]2)CCN1c1cccc(Cl)c1. The molecular weight excluding hydrogens is 312 g/mol. The molecule has 4 rings (SSSR count). The number of imidazole rings is 1. The van der Waals surface area contributed by atoms with Crippen molar-refractivity contribution in [3.05, 3.63) is 53.6 Å². The summed E-state index contributed by atoms with van der Waals surface area (Å²) in [5.74, 6) is 0.658. The minimum absolute atomic E-state index is 0.0349. The van der Waals surface area contributed by atoms with E-state index in [2.05, 4.69) is 15.3 Å². The Morgan fingerprint density at radius 2 is 2.09 bits per heavy atom. The standard InChI is InChI=1S/C17H15ClN4O/c18-11-4-3-5-12(10-11)22-9-8-15(16(22)23)21-17-19-13-6-1-2-7-14(13)20-17/h1-7,10,15H,8-9H2,(H2,19,20,21). The highest BCUT2D eigenvalue weighted by Gasteiger charge is 2.33. The summed E-state index contributed by atoms with van der Waals surface area (Å²) in [6.07, 6.45) is 0.725. The van der Waals surface area contributed by atoms with Crippen LogP contribution >= 0.6 is 11.6 Å². The van der Waals surface area contributed by atoms with E-state index in [-0.39, 0.29) is 11.9 Å². The van der Waals surface area contributed by atoms with Gasteiger partial charge in [-0.25, -0.2) is 4.98 Å². The van der Waals surface area contributed by atoms with E-state index in [0.717, 1.165) is 23.1 Å².